The van der Waals surface area contributed by atoms with Crippen LogP contribution in [0.5, 0.6) is 0 Å². The second-order valence-electron chi connectivity index (χ2n) is 5.03. The second kappa shape index (κ2) is 4.99. The summed E-state index contributed by atoms with van der Waals surface area (Å²) in [4.78, 5) is 0.322. The first kappa shape index (κ1) is 13.5. The molecule has 2 rings (SSSR count). The van der Waals surface area contributed by atoms with Gasteiger partial charge in [0.15, 0.2) is 0 Å². The summed E-state index contributed by atoms with van der Waals surface area (Å²) >= 11 is 0. The fourth-order valence-electron chi connectivity index (χ4n) is 2.11. The van der Waals surface area contributed by atoms with Gasteiger partial charge < -0.3 is 5.11 Å². The Bertz CT molecular complexity index is 525. The number of aliphatic hydroxyl groups excluding tert-OH is 1. The van der Waals surface area contributed by atoms with Crippen molar-refractivity contribution in [1.82, 2.24) is 4.31 Å². The fraction of sp³-hybridized carbons (Fsp3) is 0.538. The topological polar surface area (TPSA) is 57.6 Å². The van der Waals surface area contributed by atoms with Crippen LogP contribution >= 0.6 is 0 Å². The van der Waals surface area contributed by atoms with Crippen molar-refractivity contribution in [3.8, 4) is 0 Å². The lowest BCUT2D eigenvalue weighted by atomic mass is 10.0. The van der Waals surface area contributed by atoms with Crippen molar-refractivity contribution < 1.29 is 13.5 Å². The lowest BCUT2D eigenvalue weighted by molar-refractivity contribution is 0.189. The molecule has 1 N–H and O–H groups in total. The number of hydrogen-bond donors (Lipinski definition) is 1. The number of benzene rings is 1. The van der Waals surface area contributed by atoms with Crippen LogP contribution in [0.25, 0.3) is 0 Å². The van der Waals surface area contributed by atoms with E-state index >= 15 is 0 Å². The highest BCUT2D eigenvalue weighted by molar-refractivity contribution is 7.89. The maximum Gasteiger partial charge on any atom is 0.243 e. The number of β-amino-alcohol motifs (C(OH)–C–C–N with tert-alkyl or cyclic N) is 1. The Morgan fingerprint density at radius 1 is 1.39 bits per heavy atom. The predicted octanol–water partition coefficient (Wildman–Crippen LogP) is 1.57. The van der Waals surface area contributed by atoms with Gasteiger partial charge in [-0.1, -0.05) is 26.0 Å². The van der Waals surface area contributed by atoms with E-state index in [1.807, 2.05) is 19.9 Å². The van der Waals surface area contributed by atoms with Gasteiger partial charge in [0.25, 0.3) is 0 Å². The largest absolute Gasteiger partial charge is 0.392 e. The molecule has 0 amide bonds. The van der Waals surface area contributed by atoms with Gasteiger partial charge >= 0.3 is 0 Å². The van der Waals surface area contributed by atoms with Crippen LogP contribution in [0.4, 0.5) is 0 Å². The number of rotatable bonds is 3. The molecule has 1 aromatic carbocycles. The minimum atomic E-state index is -3.45. The highest BCUT2D eigenvalue weighted by atomic mass is 32.2. The molecule has 1 aliphatic heterocycles. The van der Waals surface area contributed by atoms with Gasteiger partial charge in [-0.3, -0.25) is 0 Å². The van der Waals surface area contributed by atoms with E-state index in [1.165, 1.54) is 4.31 Å². The molecule has 5 heteroatoms. The molecule has 0 bridgehead atoms. The number of hydrogen-bond acceptors (Lipinski definition) is 3. The summed E-state index contributed by atoms with van der Waals surface area (Å²) < 4.78 is 26.1. The molecule has 0 saturated carbocycles. The molecular formula is C13H19NO3S. The van der Waals surface area contributed by atoms with Gasteiger partial charge in [0.2, 0.25) is 10.0 Å². The monoisotopic (exact) mass is 269 g/mol. The lowest BCUT2D eigenvalue weighted by Gasteiger charge is -2.16. The third-order valence-corrected chi connectivity index (χ3v) is 5.15. The van der Waals surface area contributed by atoms with Gasteiger partial charge in [-0.2, -0.15) is 4.31 Å². The van der Waals surface area contributed by atoms with E-state index in [4.69, 9.17) is 0 Å². The van der Waals surface area contributed by atoms with Gasteiger partial charge in [-0.25, -0.2) is 8.42 Å². The summed E-state index contributed by atoms with van der Waals surface area (Å²) in [5, 5.41) is 9.45. The standard InChI is InChI=1S/C13H19NO3S/c1-10(2)11-4-3-5-13(8-11)18(16,17)14-7-6-12(15)9-14/h3-5,8,10,12,15H,6-7,9H2,1-2H3/t12-/m0/s1. The lowest BCUT2D eigenvalue weighted by Crippen LogP contribution is -2.29. The molecule has 1 fully saturated rings. The third-order valence-electron chi connectivity index (χ3n) is 3.29. The van der Waals surface area contributed by atoms with Crippen molar-refractivity contribution in [2.24, 2.45) is 0 Å². The van der Waals surface area contributed by atoms with Gasteiger partial charge in [-0.05, 0) is 30.0 Å². The van der Waals surface area contributed by atoms with Crippen LogP contribution in [0.15, 0.2) is 29.2 Å². The highest BCUT2D eigenvalue weighted by Gasteiger charge is 2.31. The summed E-state index contributed by atoms with van der Waals surface area (Å²) in [6.45, 7) is 4.67. The molecule has 1 saturated heterocycles. The quantitative estimate of drug-likeness (QED) is 0.906. The van der Waals surface area contributed by atoms with Crippen LogP contribution in [-0.2, 0) is 10.0 Å². The Kier molecular flexibility index (Phi) is 3.75. The zero-order valence-electron chi connectivity index (χ0n) is 10.7. The minimum absolute atomic E-state index is 0.203. The zero-order valence-corrected chi connectivity index (χ0v) is 11.5. The molecule has 1 aromatic rings. The van der Waals surface area contributed by atoms with Crippen LogP contribution in [0.2, 0.25) is 0 Å². The predicted molar refractivity (Wildman–Crippen MR) is 69.9 cm³/mol. The Hall–Kier alpha value is -0.910. The van der Waals surface area contributed by atoms with Crippen LogP contribution in [0.3, 0.4) is 0 Å². The average Bonchev–Trinajstić information content (AvgIpc) is 2.77. The normalized spacial score (nSPS) is 21.7. The van der Waals surface area contributed by atoms with Gasteiger partial charge in [0.05, 0.1) is 11.0 Å². The van der Waals surface area contributed by atoms with Crippen molar-refractivity contribution in [1.29, 1.82) is 0 Å². The van der Waals surface area contributed by atoms with Crippen LogP contribution in [0, 0.1) is 0 Å². The Morgan fingerprint density at radius 3 is 2.67 bits per heavy atom. The van der Waals surface area contributed by atoms with Crippen molar-refractivity contribution in [2.75, 3.05) is 13.1 Å². The fourth-order valence-corrected chi connectivity index (χ4v) is 3.66. The first-order valence-corrected chi connectivity index (χ1v) is 7.63. The van der Waals surface area contributed by atoms with Gasteiger partial charge in [0.1, 0.15) is 0 Å². The number of nitrogens with zero attached hydrogens (tertiary/aromatic N) is 1. The molecule has 100 valence electrons. The smallest absolute Gasteiger partial charge is 0.243 e. The maximum atomic E-state index is 12.4. The number of aliphatic hydroxyl groups is 1. The van der Waals surface area contributed by atoms with Crippen molar-refractivity contribution >= 4 is 10.0 Å². The summed E-state index contributed by atoms with van der Waals surface area (Å²) in [6, 6.07) is 7.05. The van der Waals surface area contributed by atoms with Crippen LogP contribution in [0.1, 0.15) is 31.7 Å². The highest BCUT2D eigenvalue weighted by Crippen LogP contribution is 2.24. The van der Waals surface area contributed by atoms with E-state index in [0.29, 0.717) is 23.8 Å². The molecule has 0 radical (unpaired) electrons. The zero-order chi connectivity index (χ0) is 13.3. The second-order valence-corrected chi connectivity index (χ2v) is 6.97. The van der Waals surface area contributed by atoms with Gasteiger partial charge in [0, 0.05) is 13.1 Å². The van der Waals surface area contributed by atoms with E-state index in [2.05, 4.69) is 0 Å². The molecule has 1 aliphatic rings. The molecule has 0 aliphatic carbocycles. The van der Waals surface area contributed by atoms with E-state index in [0.717, 1.165) is 5.56 Å². The van der Waals surface area contributed by atoms with Crippen LogP contribution < -0.4 is 0 Å². The van der Waals surface area contributed by atoms with Crippen LogP contribution in [-0.4, -0.2) is 37.0 Å². The third kappa shape index (κ3) is 2.58. The molecule has 1 heterocycles. The molecule has 0 unspecified atom stereocenters. The minimum Gasteiger partial charge on any atom is -0.392 e. The Balaban J connectivity index is 2.32. The maximum absolute atomic E-state index is 12.4. The van der Waals surface area contributed by atoms with Crippen molar-refractivity contribution in [2.45, 2.75) is 37.2 Å². The average molecular weight is 269 g/mol. The van der Waals surface area contributed by atoms with E-state index in [9.17, 15) is 13.5 Å². The van der Waals surface area contributed by atoms with Crippen molar-refractivity contribution in [3.05, 3.63) is 29.8 Å². The van der Waals surface area contributed by atoms with E-state index in [-0.39, 0.29) is 6.54 Å². The first-order valence-electron chi connectivity index (χ1n) is 6.19. The Labute approximate surface area is 108 Å². The molecular weight excluding hydrogens is 250 g/mol. The van der Waals surface area contributed by atoms with Crippen molar-refractivity contribution in [3.63, 3.8) is 0 Å². The van der Waals surface area contributed by atoms with Gasteiger partial charge in [-0.15, -0.1) is 0 Å². The Morgan fingerprint density at radius 2 is 2.11 bits per heavy atom. The number of sulfonamides is 1. The summed E-state index contributed by atoms with van der Waals surface area (Å²) in [5.74, 6) is 0.296. The summed E-state index contributed by atoms with van der Waals surface area (Å²) in [6.07, 6.45) is -0.0172. The SMILES string of the molecule is CC(C)c1cccc(S(=O)(=O)N2CC[C@H](O)C2)c1. The molecule has 1 atom stereocenters. The van der Waals surface area contributed by atoms with E-state index in [1.54, 1.807) is 18.2 Å². The first-order chi connectivity index (χ1) is 8.41. The molecule has 4 nitrogen and oxygen atoms in total. The molecule has 0 spiro atoms. The molecule has 18 heavy (non-hydrogen) atoms. The summed E-state index contributed by atoms with van der Waals surface area (Å²) in [5.41, 5.74) is 1.01. The van der Waals surface area contributed by atoms with E-state index < -0.39 is 16.1 Å². The summed E-state index contributed by atoms with van der Waals surface area (Å²) in [7, 11) is -3.45. The molecule has 0 aromatic heterocycles.